The highest BCUT2D eigenvalue weighted by atomic mass is 16.5. The minimum absolute atomic E-state index is 0.0205. The second-order valence-electron chi connectivity index (χ2n) is 5.91. The zero-order chi connectivity index (χ0) is 13.9. The fourth-order valence-electron chi connectivity index (χ4n) is 3.10. The fourth-order valence-corrected chi connectivity index (χ4v) is 3.10. The number of hydrogen-bond acceptors (Lipinski definition) is 4. The van der Waals surface area contributed by atoms with Crippen molar-refractivity contribution in [1.82, 2.24) is 9.80 Å². The molecule has 1 unspecified atom stereocenters. The lowest BCUT2D eigenvalue weighted by Gasteiger charge is -2.34. The van der Waals surface area contributed by atoms with E-state index in [4.69, 9.17) is 4.74 Å². The summed E-state index contributed by atoms with van der Waals surface area (Å²) < 4.78 is 5.28. The van der Waals surface area contributed by atoms with Crippen LogP contribution in [0, 0.1) is 22.7 Å². The Morgan fingerprint density at radius 2 is 2.21 bits per heavy atom. The lowest BCUT2D eigenvalue weighted by atomic mass is 9.80. The minimum Gasteiger partial charge on any atom is -0.381 e. The zero-order valence-electron chi connectivity index (χ0n) is 11.9. The van der Waals surface area contributed by atoms with E-state index < -0.39 is 5.41 Å². The summed E-state index contributed by atoms with van der Waals surface area (Å²) in [6.07, 6.45) is 2.19. The first-order chi connectivity index (χ1) is 9.07. The van der Waals surface area contributed by atoms with Crippen LogP contribution in [0.1, 0.15) is 19.3 Å². The molecule has 0 bridgehead atoms. The van der Waals surface area contributed by atoms with Crippen molar-refractivity contribution in [2.24, 2.45) is 11.3 Å². The van der Waals surface area contributed by atoms with Crippen LogP contribution in [0.5, 0.6) is 0 Å². The molecule has 0 aromatic carbocycles. The molecule has 0 N–H and O–H groups in total. The van der Waals surface area contributed by atoms with Gasteiger partial charge in [-0.25, -0.2) is 0 Å². The highest BCUT2D eigenvalue weighted by Gasteiger charge is 2.42. The van der Waals surface area contributed by atoms with Crippen LogP contribution >= 0.6 is 0 Å². The summed E-state index contributed by atoms with van der Waals surface area (Å²) in [5, 5.41) is 9.40. The van der Waals surface area contributed by atoms with E-state index in [1.54, 1.807) is 4.90 Å². The topological polar surface area (TPSA) is 56.6 Å². The van der Waals surface area contributed by atoms with E-state index in [1.165, 1.54) is 0 Å². The number of nitrogens with zero attached hydrogens (tertiary/aromatic N) is 3. The Bertz CT molecular complexity index is 371. The first kappa shape index (κ1) is 14.3. The summed E-state index contributed by atoms with van der Waals surface area (Å²) in [7, 11) is 3.94. The van der Waals surface area contributed by atoms with Crippen molar-refractivity contribution in [2.75, 3.05) is 46.9 Å². The van der Waals surface area contributed by atoms with Crippen LogP contribution in [0.3, 0.4) is 0 Å². The van der Waals surface area contributed by atoms with Gasteiger partial charge in [-0.1, -0.05) is 0 Å². The van der Waals surface area contributed by atoms with Gasteiger partial charge in [0, 0.05) is 33.4 Å². The second-order valence-corrected chi connectivity index (χ2v) is 5.91. The Morgan fingerprint density at radius 1 is 1.53 bits per heavy atom. The van der Waals surface area contributed by atoms with Crippen molar-refractivity contribution in [3.63, 3.8) is 0 Å². The molecule has 2 aliphatic rings. The van der Waals surface area contributed by atoms with Crippen LogP contribution in [-0.2, 0) is 9.53 Å². The standard InChI is InChI=1S/C14H23N3O2/c1-16-6-3-12(9-16)10-17(2)13(18)14(11-15)4-7-19-8-5-14/h12H,3-10H2,1-2H3. The third kappa shape index (κ3) is 3.07. The maximum atomic E-state index is 12.6. The largest absolute Gasteiger partial charge is 0.381 e. The molecule has 2 aliphatic heterocycles. The zero-order valence-corrected chi connectivity index (χ0v) is 11.9. The highest BCUT2D eigenvalue weighted by molar-refractivity contribution is 5.85. The number of ether oxygens (including phenoxy) is 1. The van der Waals surface area contributed by atoms with E-state index in [-0.39, 0.29) is 5.91 Å². The first-order valence-electron chi connectivity index (χ1n) is 7.00. The molecular weight excluding hydrogens is 242 g/mol. The van der Waals surface area contributed by atoms with E-state index in [0.717, 1.165) is 26.1 Å². The molecule has 5 heteroatoms. The summed E-state index contributed by atoms with van der Waals surface area (Å²) in [5.41, 5.74) is -0.850. The predicted molar refractivity (Wildman–Crippen MR) is 71.3 cm³/mol. The molecule has 2 rings (SSSR count). The number of carbonyl (C=O) groups excluding carboxylic acids is 1. The number of carbonyl (C=O) groups is 1. The van der Waals surface area contributed by atoms with Gasteiger partial charge in [-0.2, -0.15) is 5.26 Å². The molecule has 2 heterocycles. The van der Waals surface area contributed by atoms with Gasteiger partial charge < -0.3 is 14.5 Å². The van der Waals surface area contributed by atoms with E-state index in [9.17, 15) is 10.1 Å². The molecule has 0 radical (unpaired) electrons. The fraction of sp³-hybridized carbons (Fsp3) is 0.857. The number of hydrogen-bond donors (Lipinski definition) is 0. The van der Waals surface area contributed by atoms with E-state index in [0.29, 0.717) is 32.0 Å². The molecule has 19 heavy (non-hydrogen) atoms. The molecule has 106 valence electrons. The van der Waals surface area contributed by atoms with Gasteiger partial charge in [0.1, 0.15) is 5.41 Å². The van der Waals surface area contributed by atoms with Crippen LogP contribution in [0.15, 0.2) is 0 Å². The monoisotopic (exact) mass is 265 g/mol. The van der Waals surface area contributed by atoms with E-state index in [2.05, 4.69) is 18.0 Å². The third-order valence-corrected chi connectivity index (χ3v) is 4.34. The Balaban J connectivity index is 1.95. The average molecular weight is 265 g/mol. The second kappa shape index (κ2) is 5.89. The van der Waals surface area contributed by atoms with Crippen LogP contribution in [0.4, 0.5) is 0 Å². The van der Waals surface area contributed by atoms with Gasteiger partial charge in [-0.15, -0.1) is 0 Å². The summed E-state index contributed by atoms with van der Waals surface area (Å²) in [6, 6.07) is 2.25. The van der Waals surface area contributed by atoms with Gasteiger partial charge in [0.15, 0.2) is 0 Å². The summed E-state index contributed by atoms with van der Waals surface area (Å²) in [4.78, 5) is 16.6. The minimum atomic E-state index is -0.850. The Kier molecular flexibility index (Phi) is 4.43. The van der Waals surface area contributed by atoms with Crippen molar-refractivity contribution in [3.05, 3.63) is 0 Å². The Morgan fingerprint density at radius 3 is 2.74 bits per heavy atom. The summed E-state index contributed by atoms with van der Waals surface area (Å²) >= 11 is 0. The SMILES string of the molecule is CN1CCC(CN(C)C(=O)C2(C#N)CCOCC2)C1. The number of likely N-dealkylation sites (tertiary alicyclic amines) is 1. The van der Waals surface area contributed by atoms with Crippen LogP contribution in [0.25, 0.3) is 0 Å². The molecule has 1 atom stereocenters. The molecule has 2 saturated heterocycles. The van der Waals surface area contributed by atoms with Gasteiger partial charge in [0.05, 0.1) is 6.07 Å². The highest BCUT2D eigenvalue weighted by Crippen LogP contribution is 2.32. The molecule has 0 saturated carbocycles. The number of amides is 1. The maximum Gasteiger partial charge on any atom is 0.242 e. The van der Waals surface area contributed by atoms with Gasteiger partial charge >= 0.3 is 0 Å². The molecule has 0 aromatic rings. The normalized spacial score (nSPS) is 26.9. The molecule has 0 aliphatic carbocycles. The predicted octanol–water partition coefficient (Wildman–Crippen LogP) is 0.717. The van der Waals surface area contributed by atoms with Gasteiger partial charge in [0.25, 0.3) is 0 Å². The first-order valence-corrected chi connectivity index (χ1v) is 7.00. The smallest absolute Gasteiger partial charge is 0.242 e. The average Bonchev–Trinajstić information content (AvgIpc) is 2.84. The van der Waals surface area contributed by atoms with Crippen LogP contribution in [-0.4, -0.2) is 62.7 Å². The van der Waals surface area contributed by atoms with E-state index in [1.807, 2.05) is 7.05 Å². The third-order valence-electron chi connectivity index (χ3n) is 4.34. The van der Waals surface area contributed by atoms with Gasteiger partial charge in [0.2, 0.25) is 5.91 Å². The molecule has 2 fully saturated rings. The summed E-state index contributed by atoms with van der Waals surface area (Å²) in [6.45, 7) is 3.93. The number of nitriles is 1. The molecule has 0 spiro atoms. The van der Waals surface area contributed by atoms with Crippen molar-refractivity contribution in [3.8, 4) is 6.07 Å². The Labute approximate surface area is 115 Å². The lowest BCUT2D eigenvalue weighted by molar-refractivity contribution is -0.142. The maximum absolute atomic E-state index is 12.6. The van der Waals surface area contributed by atoms with Crippen molar-refractivity contribution < 1.29 is 9.53 Å². The van der Waals surface area contributed by atoms with Crippen molar-refractivity contribution in [2.45, 2.75) is 19.3 Å². The summed E-state index contributed by atoms with van der Waals surface area (Å²) in [5.74, 6) is 0.516. The molecule has 1 amide bonds. The van der Waals surface area contributed by atoms with Gasteiger partial charge in [-0.05, 0) is 38.8 Å². The lowest BCUT2D eigenvalue weighted by Crippen LogP contribution is -2.46. The Hall–Kier alpha value is -1.12. The van der Waals surface area contributed by atoms with Crippen LogP contribution < -0.4 is 0 Å². The quantitative estimate of drug-likeness (QED) is 0.754. The van der Waals surface area contributed by atoms with E-state index >= 15 is 0 Å². The van der Waals surface area contributed by atoms with Crippen LogP contribution in [0.2, 0.25) is 0 Å². The van der Waals surface area contributed by atoms with Crippen molar-refractivity contribution >= 4 is 5.91 Å². The molecule has 0 aromatic heterocycles. The molecule has 5 nitrogen and oxygen atoms in total. The number of rotatable bonds is 3. The molecular formula is C14H23N3O2. The van der Waals surface area contributed by atoms with Gasteiger partial charge in [-0.3, -0.25) is 4.79 Å². The van der Waals surface area contributed by atoms with Crippen molar-refractivity contribution in [1.29, 1.82) is 5.26 Å².